The van der Waals surface area contributed by atoms with Gasteiger partial charge in [-0.1, -0.05) is 19.1 Å². The average molecular weight is 353 g/mol. The zero-order chi connectivity index (χ0) is 17.5. The third-order valence-electron chi connectivity index (χ3n) is 3.66. The van der Waals surface area contributed by atoms with Crippen LogP contribution >= 0.6 is 11.3 Å². The number of carbonyl (C=O) groups excluding carboxylic acids is 1. The highest BCUT2D eigenvalue weighted by Gasteiger charge is 2.11. The number of thiazole rings is 1. The van der Waals surface area contributed by atoms with Crippen molar-refractivity contribution in [1.29, 1.82) is 0 Å². The van der Waals surface area contributed by atoms with Crippen LogP contribution in [0, 0.1) is 0 Å². The van der Waals surface area contributed by atoms with Gasteiger partial charge in [0.05, 0.1) is 0 Å². The van der Waals surface area contributed by atoms with Gasteiger partial charge in [0, 0.05) is 24.3 Å². The fourth-order valence-corrected chi connectivity index (χ4v) is 2.94. The molecule has 1 aromatic carbocycles. The number of hydrogen-bond acceptors (Lipinski definition) is 5. The lowest BCUT2D eigenvalue weighted by molar-refractivity contribution is 0.0946. The molecule has 0 radical (unpaired) electrons. The molecule has 5 nitrogen and oxygen atoms in total. The minimum atomic E-state index is -0.188. The van der Waals surface area contributed by atoms with E-state index in [4.69, 9.17) is 4.74 Å². The molecular formula is C19H19N3O2S. The molecule has 0 aliphatic heterocycles. The number of rotatable bonds is 7. The molecule has 2 aromatic heterocycles. The minimum Gasteiger partial charge on any atom is -0.486 e. The summed E-state index contributed by atoms with van der Waals surface area (Å²) in [4.78, 5) is 20.5. The Balaban J connectivity index is 1.53. The minimum absolute atomic E-state index is 0.188. The molecule has 0 aliphatic carbocycles. The van der Waals surface area contributed by atoms with Gasteiger partial charge >= 0.3 is 0 Å². The Morgan fingerprint density at radius 1 is 1.20 bits per heavy atom. The van der Waals surface area contributed by atoms with E-state index in [2.05, 4.69) is 28.3 Å². The molecule has 0 atom stereocenters. The van der Waals surface area contributed by atoms with Gasteiger partial charge in [-0.05, 0) is 41.8 Å². The molecule has 6 heteroatoms. The van der Waals surface area contributed by atoms with E-state index >= 15 is 0 Å². The van der Waals surface area contributed by atoms with E-state index in [1.807, 2.05) is 30.3 Å². The second kappa shape index (κ2) is 8.39. The molecule has 0 fully saturated rings. The number of aromatic nitrogens is 2. The Morgan fingerprint density at radius 3 is 2.84 bits per heavy atom. The molecule has 0 saturated heterocycles. The van der Waals surface area contributed by atoms with Crippen LogP contribution in [0.5, 0.6) is 5.75 Å². The number of carbonyl (C=O) groups is 1. The largest absolute Gasteiger partial charge is 0.486 e. The topological polar surface area (TPSA) is 64.1 Å². The highest BCUT2D eigenvalue weighted by atomic mass is 32.1. The summed E-state index contributed by atoms with van der Waals surface area (Å²) < 4.78 is 5.77. The summed E-state index contributed by atoms with van der Waals surface area (Å²) in [6, 6.07) is 11.7. The van der Waals surface area contributed by atoms with Gasteiger partial charge in [0.25, 0.3) is 5.91 Å². The van der Waals surface area contributed by atoms with E-state index in [9.17, 15) is 4.79 Å². The van der Waals surface area contributed by atoms with Crippen molar-refractivity contribution in [3.05, 3.63) is 76.0 Å². The molecule has 0 aliphatic rings. The zero-order valence-electron chi connectivity index (χ0n) is 13.9. The quantitative estimate of drug-likeness (QED) is 0.705. The van der Waals surface area contributed by atoms with Crippen molar-refractivity contribution in [3.8, 4) is 5.75 Å². The summed E-state index contributed by atoms with van der Waals surface area (Å²) in [7, 11) is 0. The molecule has 0 spiro atoms. The van der Waals surface area contributed by atoms with Gasteiger partial charge in [0.15, 0.2) is 0 Å². The Labute approximate surface area is 150 Å². The van der Waals surface area contributed by atoms with E-state index in [0.717, 1.165) is 22.7 Å². The molecule has 25 heavy (non-hydrogen) atoms. The molecular weight excluding hydrogens is 334 g/mol. The monoisotopic (exact) mass is 353 g/mol. The van der Waals surface area contributed by atoms with Crippen LogP contribution in [-0.4, -0.2) is 15.9 Å². The number of nitrogens with zero attached hydrogens (tertiary/aromatic N) is 2. The van der Waals surface area contributed by atoms with Crippen molar-refractivity contribution >= 4 is 17.2 Å². The van der Waals surface area contributed by atoms with Gasteiger partial charge in [0.1, 0.15) is 23.1 Å². The normalized spacial score (nSPS) is 10.4. The van der Waals surface area contributed by atoms with Crippen LogP contribution in [-0.2, 0) is 19.6 Å². The number of amides is 1. The lowest BCUT2D eigenvalue weighted by Gasteiger charge is -2.05. The molecule has 1 N–H and O–H groups in total. The van der Waals surface area contributed by atoms with Crippen molar-refractivity contribution in [2.24, 2.45) is 0 Å². The molecule has 0 bridgehead atoms. The Kier molecular flexibility index (Phi) is 5.74. The van der Waals surface area contributed by atoms with Crippen LogP contribution in [0.4, 0.5) is 0 Å². The summed E-state index contributed by atoms with van der Waals surface area (Å²) in [5.74, 6) is 0.630. The number of hydrogen-bond donors (Lipinski definition) is 1. The lowest BCUT2D eigenvalue weighted by atomic mass is 10.2. The van der Waals surface area contributed by atoms with Gasteiger partial charge < -0.3 is 10.1 Å². The van der Waals surface area contributed by atoms with Crippen LogP contribution in [0.15, 0.2) is 54.2 Å². The smallest absolute Gasteiger partial charge is 0.271 e. The molecule has 3 rings (SSSR count). The van der Waals surface area contributed by atoms with E-state index in [-0.39, 0.29) is 5.91 Å². The fourth-order valence-electron chi connectivity index (χ4n) is 2.26. The lowest BCUT2D eigenvalue weighted by Crippen LogP contribution is -2.23. The molecule has 0 unspecified atom stereocenters. The number of ether oxygens (including phenoxy) is 1. The predicted octanol–water partition coefficient (Wildman–Crippen LogP) is 3.61. The van der Waals surface area contributed by atoms with Crippen molar-refractivity contribution in [2.45, 2.75) is 26.5 Å². The molecule has 128 valence electrons. The van der Waals surface area contributed by atoms with Crippen molar-refractivity contribution < 1.29 is 9.53 Å². The molecule has 2 heterocycles. The van der Waals surface area contributed by atoms with Crippen LogP contribution in [0.2, 0.25) is 0 Å². The van der Waals surface area contributed by atoms with E-state index in [1.165, 1.54) is 16.9 Å². The first kappa shape index (κ1) is 17.1. The third-order valence-corrected chi connectivity index (χ3v) is 4.48. The maximum absolute atomic E-state index is 12.2. The second-order valence-electron chi connectivity index (χ2n) is 5.45. The highest BCUT2D eigenvalue weighted by molar-refractivity contribution is 7.09. The van der Waals surface area contributed by atoms with Gasteiger partial charge in [0.2, 0.25) is 0 Å². The first-order valence-electron chi connectivity index (χ1n) is 8.08. The van der Waals surface area contributed by atoms with Gasteiger partial charge in [-0.2, -0.15) is 0 Å². The maximum Gasteiger partial charge on any atom is 0.271 e. The van der Waals surface area contributed by atoms with Crippen LogP contribution < -0.4 is 10.1 Å². The predicted molar refractivity (Wildman–Crippen MR) is 97.7 cm³/mol. The molecule has 1 amide bonds. The average Bonchev–Trinajstić information content (AvgIpc) is 3.14. The van der Waals surface area contributed by atoms with E-state index in [1.54, 1.807) is 17.8 Å². The highest BCUT2D eigenvalue weighted by Crippen LogP contribution is 2.17. The third kappa shape index (κ3) is 4.87. The van der Waals surface area contributed by atoms with E-state index in [0.29, 0.717) is 18.8 Å². The maximum atomic E-state index is 12.2. The zero-order valence-corrected chi connectivity index (χ0v) is 14.8. The number of benzene rings is 1. The first-order valence-corrected chi connectivity index (χ1v) is 8.96. The second-order valence-corrected chi connectivity index (χ2v) is 6.40. The number of nitrogens with one attached hydrogen (secondary N) is 1. The number of aryl methyl sites for hydroxylation is 1. The summed E-state index contributed by atoms with van der Waals surface area (Å²) in [6.45, 7) is 2.92. The summed E-state index contributed by atoms with van der Waals surface area (Å²) in [6.07, 6.45) is 4.37. The summed E-state index contributed by atoms with van der Waals surface area (Å²) >= 11 is 1.42. The van der Waals surface area contributed by atoms with Crippen LogP contribution in [0.25, 0.3) is 0 Å². The summed E-state index contributed by atoms with van der Waals surface area (Å²) in [5.41, 5.74) is 2.64. The SMILES string of the molecule is CCc1cccc(OCc2nc(C(=O)NCc3ccncc3)cs2)c1. The van der Waals surface area contributed by atoms with Crippen LogP contribution in [0.3, 0.4) is 0 Å². The molecule has 3 aromatic rings. The van der Waals surface area contributed by atoms with Gasteiger partial charge in [-0.3, -0.25) is 9.78 Å². The van der Waals surface area contributed by atoms with Crippen molar-refractivity contribution in [2.75, 3.05) is 0 Å². The Bertz CT molecular complexity index is 833. The number of pyridine rings is 1. The van der Waals surface area contributed by atoms with Gasteiger partial charge in [-0.25, -0.2) is 4.98 Å². The standard InChI is InChI=1S/C19H19N3O2S/c1-2-14-4-3-5-16(10-14)24-12-18-22-17(13-25-18)19(23)21-11-15-6-8-20-9-7-15/h3-10,13H,2,11-12H2,1H3,(H,21,23). The van der Waals surface area contributed by atoms with Gasteiger partial charge in [-0.15, -0.1) is 11.3 Å². The van der Waals surface area contributed by atoms with Crippen molar-refractivity contribution in [3.63, 3.8) is 0 Å². The Hall–Kier alpha value is -2.73. The molecule has 0 saturated carbocycles. The first-order chi connectivity index (χ1) is 12.2. The summed E-state index contributed by atoms with van der Waals surface area (Å²) in [5, 5.41) is 5.38. The van der Waals surface area contributed by atoms with Crippen molar-refractivity contribution in [1.82, 2.24) is 15.3 Å². The van der Waals surface area contributed by atoms with Crippen LogP contribution in [0.1, 0.15) is 33.5 Å². The van der Waals surface area contributed by atoms with E-state index < -0.39 is 0 Å². The Morgan fingerprint density at radius 2 is 2.04 bits per heavy atom. The fraction of sp³-hybridized carbons (Fsp3) is 0.211.